The van der Waals surface area contributed by atoms with E-state index in [0.717, 1.165) is 78.4 Å². The SMILES string of the molecule is C1=CC(c2nc(-c3ccccc3)nc(-c3cccc4oc5c(-c6ccc7c(c6)oc6ccccc67)cccc5c34)n2)Cc2c1sc1ccccc21. The fraction of sp³-hybridized carbons (Fsp3) is 0.0444. The van der Waals surface area contributed by atoms with Crippen molar-refractivity contribution in [2.45, 2.75) is 12.3 Å². The van der Waals surface area contributed by atoms with Gasteiger partial charge >= 0.3 is 0 Å². The van der Waals surface area contributed by atoms with Gasteiger partial charge in [0.15, 0.2) is 11.6 Å². The van der Waals surface area contributed by atoms with Crippen molar-refractivity contribution in [3.63, 3.8) is 0 Å². The van der Waals surface area contributed by atoms with Crippen molar-refractivity contribution in [3.8, 4) is 33.9 Å². The van der Waals surface area contributed by atoms with Crippen molar-refractivity contribution in [1.29, 1.82) is 0 Å². The Labute approximate surface area is 296 Å². The Kier molecular flexibility index (Phi) is 6.18. The van der Waals surface area contributed by atoms with E-state index in [2.05, 4.69) is 97.1 Å². The van der Waals surface area contributed by atoms with Gasteiger partial charge in [0, 0.05) is 53.7 Å². The second kappa shape index (κ2) is 11.1. The molecule has 0 saturated carbocycles. The van der Waals surface area contributed by atoms with Crippen LogP contribution in [0.5, 0.6) is 0 Å². The summed E-state index contributed by atoms with van der Waals surface area (Å²) in [5.74, 6) is 2.07. The molecular formula is C45H27N3O2S. The predicted octanol–water partition coefficient (Wildman–Crippen LogP) is 12.2. The lowest BCUT2D eigenvalue weighted by atomic mass is 9.91. The van der Waals surface area contributed by atoms with Gasteiger partial charge in [0.2, 0.25) is 0 Å². The molecule has 6 heteroatoms. The van der Waals surface area contributed by atoms with Crippen LogP contribution in [0.15, 0.2) is 148 Å². The molecule has 1 atom stereocenters. The molecule has 4 heterocycles. The zero-order valence-corrected chi connectivity index (χ0v) is 28.0. The highest BCUT2D eigenvalue weighted by atomic mass is 32.1. The molecule has 10 aromatic rings. The third kappa shape index (κ3) is 4.50. The lowest BCUT2D eigenvalue weighted by molar-refractivity contribution is 0.668. The summed E-state index contributed by atoms with van der Waals surface area (Å²) >= 11 is 1.85. The highest BCUT2D eigenvalue weighted by molar-refractivity contribution is 7.20. The molecule has 0 aliphatic heterocycles. The Bertz CT molecular complexity index is 3020. The number of nitrogens with zero attached hydrogens (tertiary/aromatic N) is 3. The monoisotopic (exact) mass is 673 g/mol. The summed E-state index contributed by atoms with van der Waals surface area (Å²) < 4.78 is 14.3. The Hall–Kier alpha value is -6.37. The van der Waals surface area contributed by atoms with E-state index in [1.165, 1.54) is 20.5 Å². The molecule has 4 aromatic heterocycles. The van der Waals surface area contributed by atoms with Crippen LogP contribution in [0.4, 0.5) is 0 Å². The lowest BCUT2D eigenvalue weighted by Crippen LogP contribution is -2.11. The number of furan rings is 2. The molecule has 0 amide bonds. The van der Waals surface area contributed by atoms with Crippen LogP contribution in [-0.2, 0) is 6.42 Å². The molecule has 0 bridgehead atoms. The molecule has 1 aliphatic rings. The van der Waals surface area contributed by atoms with E-state index in [9.17, 15) is 0 Å². The molecule has 0 spiro atoms. The number of hydrogen-bond donors (Lipinski definition) is 0. The number of allylic oxidation sites excluding steroid dienone is 1. The van der Waals surface area contributed by atoms with Crippen molar-refractivity contribution in [2.75, 3.05) is 0 Å². The molecule has 240 valence electrons. The molecule has 0 N–H and O–H groups in total. The molecule has 1 unspecified atom stereocenters. The quantitative estimate of drug-likeness (QED) is 0.186. The van der Waals surface area contributed by atoms with Crippen LogP contribution in [0, 0.1) is 0 Å². The van der Waals surface area contributed by atoms with Crippen LogP contribution in [0.25, 0.3) is 93.9 Å². The fourth-order valence-corrected chi connectivity index (χ4v) is 8.83. The molecule has 51 heavy (non-hydrogen) atoms. The first-order valence-corrected chi connectivity index (χ1v) is 17.9. The zero-order valence-electron chi connectivity index (χ0n) is 27.2. The fourth-order valence-electron chi connectivity index (χ4n) is 7.68. The van der Waals surface area contributed by atoms with Crippen molar-refractivity contribution >= 4 is 71.4 Å². The summed E-state index contributed by atoms with van der Waals surface area (Å²) in [5, 5.41) is 5.53. The average Bonchev–Trinajstić information content (AvgIpc) is 3.88. The van der Waals surface area contributed by atoms with E-state index in [0.29, 0.717) is 11.6 Å². The van der Waals surface area contributed by atoms with Crippen LogP contribution in [0.1, 0.15) is 22.2 Å². The molecule has 6 aromatic carbocycles. The van der Waals surface area contributed by atoms with Gasteiger partial charge in [0.1, 0.15) is 28.2 Å². The number of fused-ring (bicyclic) bond motifs is 9. The standard InChI is InChI=1S/C45H27N3O2S/c1-2-10-26(11-3-1)43-46-44(28-21-23-40-35(24-28)32-13-5-7-19-39(32)51-40)48-45(47-43)34-16-9-18-37-41(34)33-15-8-14-29(42(33)50-37)27-20-22-31-30-12-4-6-17-36(30)49-38(31)25-27/h1-23,25,28H,24H2. The second-order valence-corrected chi connectivity index (χ2v) is 14.2. The van der Waals surface area contributed by atoms with Crippen LogP contribution >= 0.6 is 11.3 Å². The van der Waals surface area contributed by atoms with E-state index in [-0.39, 0.29) is 5.92 Å². The third-order valence-corrected chi connectivity index (χ3v) is 11.3. The van der Waals surface area contributed by atoms with Gasteiger partial charge in [-0.2, -0.15) is 0 Å². The Morgan fingerprint density at radius 3 is 2.24 bits per heavy atom. The minimum Gasteiger partial charge on any atom is -0.456 e. The Morgan fingerprint density at radius 1 is 0.549 bits per heavy atom. The topological polar surface area (TPSA) is 65.0 Å². The summed E-state index contributed by atoms with van der Waals surface area (Å²) in [6.07, 6.45) is 5.34. The number of hydrogen-bond acceptors (Lipinski definition) is 6. The largest absolute Gasteiger partial charge is 0.456 e. The van der Waals surface area contributed by atoms with E-state index >= 15 is 0 Å². The van der Waals surface area contributed by atoms with Crippen molar-refractivity contribution in [3.05, 3.63) is 156 Å². The highest BCUT2D eigenvalue weighted by Crippen LogP contribution is 2.43. The third-order valence-electron chi connectivity index (χ3n) is 10.1. The van der Waals surface area contributed by atoms with Gasteiger partial charge in [-0.1, -0.05) is 109 Å². The summed E-state index contributed by atoms with van der Waals surface area (Å²) in [6.45, 7) is 0. The summed E-state index contributed by atoms with van der Waals surface area (Å²) in [5.41, 5.74) is 8.62. The maximum absolute atomic E-state index is 6.69. The first kappa shape index (κ1) is 28.5. The number of rotatable bonds is 4. The van der Waals surface area contributed by atoms with Crippen molar-refractivity contribution in [2.24, 2.45) is 0 Å². The Balaban J connectivity index is 1.08. The first-order valence-electron chi connectivity index (χ1n) is 17.1. The van der Waals surface area contributed by atoms with Gasteiger partial charge in [0.25, 0.3) is 0 Å². The van der Waals surface area contributed by atoms with Crippen LogP contribution < -0.4 is 0 Å². The maximum atomic E-state index is 6.69. The Morgan fingerprint density at radius 2 is 1.29 bits per heavy atom. The van der Waals surface area contributed by atoms with E-state index in [1.807, 2.05) is 59.9 Å². The number of para-hydroxylation sites is 2. The summed E-state index contributed by atoms with van der Waals surface area (Å²) in [4.78, 5) is 16.8. The molecule has 0 fully saturated rings. The molecule has 5 nitrogen and oxygen atoms in total. The predicted molar refractivity (Wildman–Crippen MR) is 208 cm³/mol. The van der Waals surface area contributed by atoms with Gasteiger partial charge in [-0.05, 0) is 59.3 Å². The molecular weight excluding hydrogens is 647 g/mol. The van der Waals surface area contributed by atoms with Gasteiger partial charge in [-0.15, -0.1) is 11.3 Å². The van der Waals surface area contributed by atoms with Gasteiger partial charge in [0.05, 0.1) is 0 Å². The normalized spacial score (nSPS) is 14.3. The molecule has 0 saturated heterocycles. The number of benzene rings is 6. The minimum absolute atomic E-state index is 0.0137. The lowest BCUT2D eigenvalue weighted by Gasteiger charge is -2.18. The van der Waals surface area contributed by atoms with E-state index in [4.69, 9.17) is 23.8 Å². The van der Waals surface area contributed by atoms with Gasteiger partial charge in [-0.25, -0.2) is 15.0 Å². The number of aromatic nitrogens is 3. The average molecular weight is 674 g/mol. The maximum Gasteiger partial charge on any atom is 0.164 e. The highest BCUT2D eigenvalue weighted by Gasteiger charge is 2.25. The van der Waals surface area contributed by atoms with Crippen molar-refractivity contribution < 1.29 is 8.83 Å². The second-order valence-electron chi connectivity index (χ2n) is 13.1. The zero-order chi connectivity index (χ0) is 33.5. The smallest absolute Gasteiger partial charge is 0.164 e. The molecule has 0 radical (unpaired) electrons. The minimum atomic E-state index is 0.0137. The van der Waals surface area contributed by atoms with Crippen molar-refractivity contribution in [1.82, 2.24) is 15.0 Å². The number of thiophene rings is 1. The molecule has 11 rings (SSSR count). The van der Waals surface area contributed by atoms with E-state index < -0.39 is 0 Å². The van der Waals surface area contributed by atoms with Crippen LogP contribution in [0.2, 0.25) is 0 Å². The summed E-state index contributed by atoms with van der Waals surface area (Å²) in [6, 6.07) is 45.9. The van der Waals surface area contributed by atoms with Gasteiger partial charge < -0.3 is 8.83 Å². The van der Waals surface area contributed by atoms with Crippen LogP contribution in [-0.4, -0.2) is 15.0 Å². The van der Waals surface area contributed by atoms with Gasteiger partial charge in [-0.3, -0.25) is 0 Å². The van der Waals surface area contributed by atoms with Crippen LogP contribution in [0.3, 0.4) is 0 Å². The summed E-state index contributed by atoms with van der Waals surface area (Å²) in [7, 11) is 0. The first-order chi connectivity index (χ1) is 25.2. The molecule has 1 aliphatic carbocycles. The van der Waals surface area contributed by atoms with E-state index in [1.54, 1.807) is 0 Å².